The summed E-state index contributed by atoms with van der Waals surface area (Å²) >= 11 is 0. The minimum atomic E-state index is -2.63. The number of fused-ring (bicyclic) bond motifs is 1. The van der Waals surface area contributed by atoms with Gasteiger partial charge in [-0.05, 0) is 48.9 Å². The van der Waals surface area contributed by atoms with Crippen LogP contribution in [-0.4, -0.2) is 33.4 Å². The van der Waals surface area contributed by atoms with Crippen LogP contribution in [0.15, 0.2) is 71.9 Å². The monoisotopic (exact) mass is 421 g/mol. The molecule has 4 aromatic rings. The molecule has 0 unspecified atom stereocenters. The molecule has 0 bridgehead atoms. The Bertz CT molecular complexity index is 1280. The Morgan fingerprint density at radius 3 is 2.71 bits per heavy atom. The van der Waals surface area contributed by atoms with Gasteiger partial charge < -0.3 is 15.2 Å². The molecule has 0 saturated carbocycles. The van der Waals surface area contributed by atoms with Crippen molar-refractivity contribution in [3.8, 4) is 11.3 Å². The molecule has 8 heteroatoms. The Balaban J connectivity index is 1.41. The normalized spacial score (nSPS) is 15.9. The van der Waals surface area contributed by atoms with Crippen LogP contribution >= 0.6 is 0 Å². The quantitative estimate of drug-likeness (QED) is 0.503. The second-order valence-corrected chi connectivity index (χ2v) is 7.75. The van der Waals surface area contributed by atoms with Crippen LogP contribution in [-0.2, 0) is 0 Å². The first-order chi connectivity index (χ1) is 15.0. The van der Waals surface area contributed by atoms with E-state index in [2.05, 4.69) is 15.3 Å². The number of H-pyrrole nitrogens is 1. The van der Waals surface area contributed by atoms with Gasteiger partial charge in [0.25, 0.3) is 5.92 Å². The molecular weight excluding hydrogens is 400 g/mol. The number of piperidine rings is 1. The lowest BCUT2D eigenvalue weighted by atomic mass is 10.1. The third-order valence-corrected chi connectivity index (χ3v) is 5.52. The molecule has 0 atom stereocenters. The van der Waals surface area contributed by atoms with E-state index in [4.69, 9.17) is 0 Å². The molecule has 1 saturated heterocycles. The summed E-state index contributed by atoms with van der Waals surface area (Å²) in [5.74, 6) is -2.63. The van der Waals surface area contributed by atoms with Gasteiger partial charge in [0.1, 0.15) is 0 Å². The number of aromatic nitrogens is 3. The average Bonchev–Trinajstić information content (AvgIpc) is 3.24. The highest BCUT2D eigenvalue weighted by molar-refractivity contribution is 5.78. The van der Waals surface area contributed by atoms with E-state index in [-0.39, 0.29) is 18.5 Å². The van der Waals surface area contributed by atoms with Gasteiger partial charge in [-0.2, -0.15) is 0 Å². The maximum Gasteiger partial charge on any atom is 0.265 e. The number of aromatic amines is 1. The molecule has 3 aromatic heterocycles. The minimum absolute atomic E-state index is 0.0448. The number of nitrogens with one attached hydrogen (secondary N) is 2. The Morgan fingerprint density at radius 2 is 1.94 bits per heavy atom. The number of anilines is 3. The van der Waals surface area contributed by atoms with Crippen LogP contribution in [0.25, 0.3) is 16.9 Å². The average molecular weight is 421 g/mol. The van der Waals surface area contributed by atoms with Crippen molar-refractivity contribution in [2.45, 2.75) is 18.8 Å². The van der Waals surface area contributed by atoms with Crippen LogP contribution < -0.4 is 15.8 Å². The summed E-state index contributed by atoms with van der Waals surface area (Å²) in [4.78, 5) is 20.5. The number of alkyl halides is 2. The van der Waals surface area contributed by atoms with E-state index in [9.17, 15) is 13.6 Å². The molecular formula is C23H21F2N5O. The predicted molar refractivity (Wildman–Crippen MR) is 117 cm³/mol. The molecule has 1 fully saturated rings. The number of benzene rings is 1. The maximum atomic E-state index is 13.7. The van der Waals surface area contributed by atoms with Crippen molar-refractivity contribution in [1.29, 1.82) is 0 Å². The number of hydrogen-bond donors (Lipinski definition) is 2. The number of halogens is 2. The maximum absolute atomic E-state index is 13.7. The van der Waals surface area contributed by atoms with E-state index in [1.807, 2.05) is 53.1 Å². The van der Waals surface area contributed by atoms with Crippen LogP contribution in [0.2, 0.25) is 0 Å². The number of hydrogen-bond acceptors (Lipinski definition) is 4. The molecule has 0 aliphatic carbocycles. The second kappa shape index (κ2) is 7.54. The van der Waals surface area contributed by atoms with Crippen molar-refractivity contribution in [3.63, 3.8) is 0 Å². The fourth-order valence-corrected chi connectivity index (χ4v) is 4.05. The zero-order valence-corrected chi connectivity index (χ0v) is 16.7. The van der Waals surface area contributed by atoms with Crippen molar-refractivity contribution in [2.24, 2.45) is 0 Å². The van der Waals surface area contributed by atoms with E-state index in [1.165, 1.54) is 0 Å². The van der Waals surface area contributed by atoms with Crippen molar-refractivity contribution < 1.29 is 8.78 Å². The Labute approximate surface area is 177 Å². The summed E-state index contributed by atoms with van der Waals surface area (Å²) in [6.45, 7) is 0.402. The van der Waals surface area contributed by atoms with Crippen LogP contribution in [0.4, 0.5) is 25.8 Å². The highest BCUT2D eigenvalue weighted by Gasteiger charge is 2.35. The van der Waals surface area contributed by atoms with Gasteiger partial charge in [-0.15, -0.1) is 0 Å². The first-order valence-corrected chi connectivity index (χ1v) is 10.1. The van der Waals surface area contributed by atoms with Crippen molar-refractivity contribution >= 4 is 22.7 Å². The zero-order valence-electron chi connectivity index (χ0n) is 16.7. The highest BCUT2D eigenvalue weighted by atomic mass is 19.3. The molecule has 0 radical (unpaired) electrons. The van der Waals surface area contributed by atoms with Crippen molar-refractivity contribution in [3.05, 3.63) is 77.5 Å². The number of pyridine rings is 2. The van der Waals surface area contributed by atoms with Gasteiger partial charge in [-0.1, -0.05) is 0 Å². The molecule has 1 aliphatic heterocycles. The fraction of sp³-hybridized carbons (Fsp3) is 0.217. The fourth-order valence-electron chi connectivity index (χ4n) is 4.05. The van der Waals surface area contributed by atoms with Crippen LogP contribution in [0.1, 0.15) is 12.8 Å². The van der Waals surface area contributed by atoms with Crippen LogP contribution in [0.5, 0.6) is 0 Å². The first kappa shape index (κ1) is 19.3. The molecule has 6 nitrogen and oxygen atoms in total. The molecule has 4 heterocycles. The number of rotatable bonds is 4. The molecule has 31 heavy (non-hydrogen) atoms. The summed E-state index contributed by atoms with van der Waals surface area (Å²) in [5.41, 5.74) is 4.63. The van der Waals surface area contributed by atoms with Crippen LogP contribution in [0, 0.1) is 0 Å². The summed E-state index contributed by atoms with van der Waals surface area (Å²) in [6.07, 6.45) is 5.61. The molecule has 158 valence electrons. The van der Waals surface area contributed by atoms with Gasteiger partial charge in [-0.3, -0.25) is 9.20 Å². The molecule has 1 aliphatic rings. The third-order valence-electron chi connectivity index (χ3n) is 5.52. The van der Waals surface area contributed by atoms with Gasteiger partial charge in [0.2, 0.25) is 5.56 Å². The largest absolute Gasteiger partial charge is 0.365 e. The van der Waals surface area contributed by atoms with Gasteiger partial charge in [0.15, 0.2) is 5.65 Å². The number of nitrogens with zero attached hydrogens (tertiary/aromatic N) is 3. The van der Waals surface area contributed by atoms with E-state index < -0.39 is 5.92 Å². The minimum Gasteiger partial charge on any atom is -0.365 e. The summed E-state index contributed by atoms with van der Waals surface area (Å²) in [7, 11) is 0. The standard InChI is InChI=1S/C23H21F2N5O/c24-23(25)9-1-12-29(15-23)18-4-2-17(3-5-18)28-19-6-7-20(30-13-11-27-22(19)30)16-8-10-26-21(31)14-16/h2-8,10-11,13-14,28H,1,9,12,15H2,(H,26,31). The Kier molecular flexibility index (Phi) is 4.69. The lowest BCUT2D eigenvalue weighted by Gasteiger charge is -2.34. The lowest BCUT2D eigenvalue weighted by Crippen LogP contribution is -2.42. The molecule has 0 amide bonds. The smallest absolute Gasteiger partial charge is 0.265 e. The summed E-state index contributed by atoms with van der Waals surface area (Å²) < 4.78 is 29.4. The highest BCUT2D eigenvalue weighted by Crippen LogP contribution is 2.31. The van der Waals surface area contributed by atoms with Gasteiger partial charge >= 0.3 is 0 Å². The van der Waals surface area contributed by atoms with E-state index >= 15 is 0 Å². The Hall–Kier alpha value is -3.68. The molecule has 5 rings (SSSR count). The van der Waals surface area contributed by atoms with Gasteiger partial charge in [0.05, 0.1) is 17.9 Å². The van der Waals surface area contributed by atoms with E-state index in [0.29, 0.717) is 13.0 Å². The van der Waals surface area contributed by atoms with Gasteiger partial charge in [0, 0.05) is 54.6 Å². The van der Waals surface area contributed by atoms with Crippen molar-refractivity contribution in [1.82, 2.24) is 14.4 Å². The second-order valence-electron chi connectivity index (χ2n) is 7.75. The van der Waals surface area contributed by atoms with Gasteiger partial charge in [-0.25, -0.2) is 13.8 Å². The van der Waals surface area contributed by atoms with E-state index in [1.54, 1.807) is 23.4 Å². The first-order valence-electron chi connectivity index (χ1n) is 10.1. The summed E-state index contributed by atoms with van der Waals surface area (Å²) in [5, 5.41) is 3.35. The number of imidazole rings is 1. The topological polar surface area (TPSA) is 65.4 Å². The zero-order chi connectivity index (χ0) is 21.4. The lowest BCUT2D eigenvalue weighted by molar-refractivity contribution is -0.0116. The molecule has 1 aromatic carbocycles. The van der Waals surface area contributed by atoms with E-state index in [0.717, 1.165) is 34.0 Å². The molecule has 2 N–H and O–H groups in total. The SMILES string of the molecule is O=c1cc(-c2ccc(Nc3ccc(N4CCCC(F)(F)C4)cc3)c3nccn23)cc[nH]1. The van der Waals surface area contributed by atoms with Crippen molar-refractivity contribution in [2.75, 3.05) is 23.3 Å². The van der Waals surface area contributed by atoms with Crippen LogP contribution in [0.3, 0.4) is 0 Å². The Morgan fingerprint density at radius 1 is 1.10 bits per heavy atom. The predicted octanol–water partition coefficient (Wildman–Crippen LogP) is 4.67. The molecule has 0 spiro atoms. The summed E-state index contributed by atoms with van der Waals surface area (Å²) in [6, 6.07) is 14.7. The third kappa shape index (κ3) is 3.88.